The average Bonchev–Trinajstić information content (AvgIpc) is 3.05. The van der Waals surface area contributed by atoms with Gasteiger partial charge >= 0.3 is 5.97 Å². The zero-order valence-corrected chi connectivity index (χ0v) is 9.76. The fraction of sp³-hybridized carbons (Fsp3) is 0.727. The van der Waals surface area contributed by atoms with Crippen molar-refractivity contribution in [1.82, 2.24) is 9.80 Å². The number of nitrogens with zero attached hydrogens (tertiary/aromatic N) is 2. The van der Waals surface area contributed by atoms with Gasteiger partial charge in [-0.25, -0.2) is 0 Å². The van der Waals surface area contributed by atoms with Crippen LogP contribution in [0.15, 0.2) is 0 Å². The Labute approximate surface area is 99.2 Å². The topological polar surface area (TPSA) is 77.9 Å². The van der Waals surface area contributed by atoms with Gasteiger partial charge in [-0.05, 0) is 12.8 Å². The molecule has 0 radical (unpaired) electrons. The van der Waals surface area contributed by atoms with E-state index in [-0.39, 0.29) is 18.4 Å². The number of rotatable bonds is 2. The molecular formula is C11H16N2O4. The lowest BCUT2D eigenvalue weighted by Crippen LogP contribution is -2.39. The predicted molar refractivity (Wildman–Crippen MR) is 58.1 cm³/mol. The molecule has 1 aliphatic heterocycles. The van der Waals surface area contributed by atoms with E-state index < -0.39 is 17.8 Å². The Morgan fingerprint density at radius 3 is 2.59 bits per heavy atom. The molecule has 2 atom stereocenters. The molecule has 0 bridgehead atoms. The van der Waals surface area contributed by atoms with Crippen LogP contribution in [0.4, 0.5) is 0 Å². The van der Waals surface area contributed by atoms with Gasteiger partial charge in [0, 0.05) is 20.1 Å². The molecule has 0 aromatic heterocycles. The maximum Gasteiger partial charge on any atom is 0.307 e. The van der Waals surface area contributed by atoms with E-state index in [1.807, 2.05) is 0 Å². The van der Waals surface area contributed by atoms with Gasteiger partial charge in [-0.2, -0.15) is 0 Å². The van der Waals surface area contributed by atoms with Crippen molar-refractivity contribution >= 4 is 17.8 Å². The highest BCUT2D eigenvalue weighted by atomic mass is 16.4. The molecule has 1 saturated carbocycles. The van der Waals surface area contributed by atoms with Gasteiger partial charge in [0.1, 0.15) is 0 Å². The SMILES string of the molecule is CN1CCCN(C(=O)C2CC2C(=O)O)CC1=O. The summed E-state index contributed by atoms with van der Waals surface area (Å²) in [7, 11) is 1.72. The van der Waals surface area contributed by atoms with E-state index in [4.69, 9.17) is 5.11 Å². The minimum atomic E-state index is -0.915. The molecule has 2 fully saturated rings. The van der Waals surface area contributed by atoms with Crippen molar-refractivity contribution in [3.05, 3.63) is 0 Å². The Morgan fingerprint density at radius 2 is 2.00 bits per heavy atom. The lowest BCUT2D eigenvalue weighted by Gasteiger charge is -2.19. The molecule has 1 heterocycles. The fourth-order valence-electron chi connectivity index (χ4n) is 2.15. The first-order valence-corrected chi connectivity index (χ1v) is 5.76. The summed E-state index contributed by atoms with van der Waals surface area (Å²) in [4.78, 5) is 37.4. The van der Waals surface area contributed by atoms with Gasteiger partial charge in [0.25, 0.3) is 0 Å². The Morgan fingerprint density at radius 1 is 1.29 bits per heavy atom. The molecule has 0 aromatic carbocycles. The maximum absolute atomic E-state index is 12.0. The molecular weight excluding hydrogens is 224 g/mol. The minimum absolute atomic E-state index is 0.0802. The van der Waals surface area contributed by atoms with E-state index in [9.17, 15) is 14.4 Å². The third-order valence-electron chi connectivity index (χ3n) is 3.41. The fourth-order valence-corrected chi connectivity index (χ4v) is 2.15. The van der Waals surface area contributed by atoms with E-state index >= 15 is 0 Å². The Bertz CT molecular complexity index is 368. The number of hydrogen-bond acceptors (Lipinski definition) is 3. The van der Waals surface area contributed by atoms with Crippen molar-refractivity contribution in [1.29, 1.82) is 0 Å². The summed E-state index contributed by atoms with van der Waals surface area (Å²) in [6.07, 6.45) is 1.16. The monoisotopic (exact) mass is 240 g/mol. The second-order valence-corrected chi connectivity index (χ2v) is 4.72. The summed E-state index contributed by atoms with van der Waals surface area (Å²) in [5.74, 6) is -2.13. The Kier molecular flexibility index (Phi) is 3.04. The highest BCUT2D eigenvalue weighted by Gasteiger charge is 2.50. The van der Waals surface area contributed by atoms with Crippen LogP contribution < -0.4 is 0 Å². The number of carbonyl (C=O) groups excluding carboxylic acids is 2. The molecule has 1 aliphatic carbocycles. The first kappa shape index (κ1) is 11.9. The first-order valence-electron chi connectivity index (χ1n) is 5.76. The van der Waals surface area contributed by atoms with Crippen LogP contribution in [0, 0.1) is 11.8 Å². The molecule has 17 heavy (non-hydrogen) atoms. The number of amides is 2. The smallest absolute Gasteiger partial charge is 0.307 e. The standard InChI is InChI=1S/C11H16N2O4/c1-12-3-2-4-13(6-9(12)14)10(15)7-5-8(7)11(16)17/h7-8H,2-6H2,1H3,(H,16,17). The number of likely N-dealkylation sites (N-methyl/N-ethyl adjacent to an activating group) is 1. The zero-order valence-electron chi connectivity index (χ0n) is 9.76. The third kappa shape index (κ3) is 2.40. The molecule has 2 aliphatic rings. The van der Waals surface area contributed by atoms with Gasteiger partial charge in [0.2, 0.25) is 11.8 Å². The molecule has 6 heteroatoms. The highest BCUT2D eigenvalue weighted by molar-refractivity contribution is 5.92. The molecule has 0 spiro atoms. The van der Waals surface area contributed by atoms with E-state index in [2.05, 4.69) is 0 Å². The third-order valence-corrected chi connectivity index (χ3v) is 3.41. The van der Waals surface area contributed by atoms with Crippen LogP contribution in [0.3, 0.4) is 0 Å². The van der Waals surface area contributed by atoms with Crippen molar-refractivity contribution in [2.24, 2.45) is 11.8 Å². The van der Waals surface area contributed by atoms with Crippen LogP contribution in [-0.2, 0) is 14.4 Å². The number of aliphatic carboxylic acids is 1. The van der Waals surface area contributed by atoms with E-state index in [1.54, 1.807) is 11.9 Å². The molecule has 2 amide bonds. The van der Waals surface area contributed by atoms with Crippen molar-refractivity contribution < 1.29 is 19.5 Å². The molecule has 2 unspecified atom stereocenters. The highest BCUT2D eigenvalue weighted by Crippen LogP contribution is 2.40. The molecule has 1 saturated heterocycles. The molecule has 2 rings (SSSR count). The van der Waals surface area contributed by atoms with Gasteiger partial charge in [0.15, 0.2) is 0 Å². The van der Waals surface area contributed by atoms with Crippen LogP contribution in [0.25, 0.3) is 0 Å². The van der Waals surface area contributed by atoms with Gasteiger partial charge < -0.3 is 14.9 Å². The Hall–Kier alpha value is -1.59. The summed E-state index contributed by atoms with van der Waals surface area (Å²) in [6, 6.07) is 0. The quantitative estimate of drug-likeness (QED) is 0.699. The number of hydrogen-bond donors (Lipinski definition) is 1. The molecule has 6 nitrogen and oxygen atoms in total. The molecule has 94 valence electrons. The van der Waals surface area contributed by atoms with Gasteiger partial charge in [-0.3, -0.25) is 14.4 Å². The second-order valence-electron chi connectivity index (χ2n) is 4.72. The summed E-state index contributed by atoms with van der Waals surface area (Å²) in [6.45, 7) is 1.27. The van der Waals surface area contributed by atoms with Crippen LogP contribution in [0.5, 0.6) is 0 Å². The van der Waals surface area contributed by atoms with Crippen LogP contribution in [-0.4, -0.2) is 59.4 Å². The van der Waals surface area contributed by atoms with E-state index in [1.165, 1.54) is 4.90 Å². The summed E-state index contributed by atoms with van der Waals surface area (Å²) >= 11 is 0. The summed E-state index contributed by atoms with van der Waals surface area (Å²) in [5.41, 5.74) is 0. The van der Waals surface area contributed by atoms with Crippen LogP contribution >= 0.6 is 0 Å². The van der Waals surface area contributed by atoms with Crippen molar-refractivity contribution in [2.75, 3.05) is 26.7 Å². The normalized spacial score (nSPS) is 28.9. The lowest BCUT2D eigenvalue weighted by molar-refractivity contribution is -0.143. The number of carbonyl (C=O) groups is 3. The van der Waals surface area contributed by atoms with Gasteiger partial charge in [0.05, 0.1) is 18.4 Å². The van der Waals surface area contributed by atoms with Crippen LogP contribution in [0.2, 0.25) is 0 Å². The number of carboxylic acids is 1. The van der Waals surface area contributed by atoms with E-state index in [0.717, 1.165) is 6.42 Å². The largest absolute Gasteiger partial charge is 0.481 e. The van der Waals surface area contributed by atoms with Gasteiger partial charge in [-0.15, -0.1) is 0 Å². The first-order chi connectivity index (χ1) is 8.00. The molecule has 1 N–H and O–H groups in total. The van der Waals surface area contributed by atoms with Crippen molar-refractivity contribution in [3.63, 3.8) is 0 Å². The number of carboxylic acid groups (broad SMARTS) is 1. The van der Waals surface area contributed by atoms with Crippen LogP contribution in [0.1, 0.15) is 12.8 Å². The Balaban J connectivity index is 1.96. The summed E-state index contributed by atoms with van der Waals surface area (Å²) < 4.78 is 0. The summed E-state index contributed by atoms with van der Waals surface area (Å²) in [5, 5.41) is 8.77. The predicted octanol–water partition coefficient (Wildman–Crippen LogP) is -0.602. The maximum atomic E-state index is 12.0. The average molecular weight is 240 g/mol. The van der Waals surface area contributed by atoms with Crippen molar-refractivity contribution in [3.8, 4) is 0 Å². The van der Waals surface area contributed by atoms with Gasteiger partial charge in [-0.1, -0.05) is 0 Å². The minimum Gasteiger partial charge on any atom is -0.481 e. The molecule has 0 aromatic rings. The zero-order chi connectivity index (χ0) is 12.6. The second kappa shape index (κ2) is 4.35. The van der Waals surface area contributed by atoms with Crippen molar-refractivity contribution in [2.45, 2.75) is 12.8 Å². The van der Waals surface area contributed by atoms with E-state index in [0.29, 0.717) is 19.5 Å². The lowest BCUT2D eigenvalue weighted by atomic mass is 10.2.